The Morgan fingerprint density at radius 1 is 1.48 bits per heavy atom. The molecule has 1 unspecified atom stereocenters. The van der Waals surface area contributed by atoms with Gasteiger partial charge in [0, 0.05) is 42.4 Å². The molecule has 0 saturated carbocycles. The molecule has 2 amide bonds. The first-order valence-corrected chi connectivity index (χ1v) is 8.87. The van der Waals surface area contributed by atoms with E-state index in [4.69, 9.17) is 20.8 Å². The van der Waals surface area contributed by atoms with Crippen LogP contribution in [0, 0.1) is 12.8 Å². The number of furan rings is 1. The van der Waals surface area contributed by atoms with Crippen molar-refractivity contribution >= 4 is 34.3 Å². The van der Waals surface area contributed by atoms with Gasteiger partial charge in [0.25, 0.3) is 0 Å². The number of aryl methyl sites for hydroxylation is 2. The van der Waals surface area contributed by atoms with Gasteiger partial charge < -0.3 is 24.5 Å². The number of hydrogen-bond acceptors (Lipinski definition) is 4. The van der Waals surface area contributed by atoms with E-state index in [2.05, 4.69) is 5.32 Å². The summed E-state index contributed by atoms with van der Waals surface area (Å²) in [4.78, 5) is 14.3. The molecule has 7 heteroatoms. The molecule has 1 atom stereocenters. The zero-order valence-electron chi connectivity index (χ0n) is 14.5. The Labute approximate surface area is 151 Å². The van der Waals surface area contributed by atoms with Gasteiger partial charge in [0.1, 0.15) is 5.76 Å². The van der Waals surface area contributed by atoms with Crippen LogP contribution in [-0.4, -0.2) is 48.9 Å². The monoisotopic (exact) mass is 366 g/mol. The van der Waals surface area contributed by atoms with Crippen molar-refractivity contribution in [3.05, 3.63) is 28.5 Å². The number of anilines is 1. The number of nitrogens with zero attached hydrogens (tertiary/aromatic N) is 1. The van der Waals surface area contributed by atoms with E-state index in [1.165, 1.54) is 0 Å². The third-order valence-corrected chi connectivity index (χ3v) is 4.77. The number of carbonyl (C=O) groups excluding carboxylic acids is 1. The third kappa shape index (κ3) is 3.76. The molecule has 0 aliphatic carbocycles. The van der Waals surface area contributed by atoms with E-state index in [1.54, 1.807) is 11.0 Å². The Morgan fingerprint density at radius 2 is 2.28 bits per heavy atom. The molecule has 2 heterocycles. The number of benzene rings is 1. The van der Waals surface area contributed by atoms with E-state index in [0.29, 0.717) is 42.6 Å². The first-order valence-electron chi connectivity index (χ1n) is 8.49. The highest BCUT2D eigenvalue weighted by molar-refractivity contribution is 6.32. The minimum Gasteiger partial charge on any atom is -0.459 e. The van der Waals surface area contributed by atoms with Crippen molar-refractivity contribution in [1.82, 2.24) is 4.90 Å². The van der Waals surface area contributed by atoms with Gasteiger partial charge in [-0.1, -0.05) is 18.5 Å². The van der Waals surface area contributed by atoms with Crippen LogP contribution in [0.1, 0.15) is 18.2 Å². The Hall–Kier alpha value is -1.76. The Balaban J connectivity index is 1.87. The van der Waals surface area contributed by atoms with Crippen LogP contribution in [0.5, 0.6) is 0 Å². The van der Waals surface area contributed by atoms with Crippen LogP contribution >= 0.6 is 11.6 Å². The Kier molecular flexibility index (Phi) is 5.51. The minimum atomic E-state index is -0.250. The SMILES string of the molecule is CCc1oc2c(NC(=O)N3CCOCC(CO)C3)cc(Cl)cc2c1C. The quantitative estimate of drug-likeness (QED) is 0.872. The molecule has 1 saturated heterocycles. The third-order valence-electron chi connectivity index (χ3n) is 4.55. The molecular formula is C18H23ClN2O4. The van der Waals surface area contributed by atoms with E-state index >= 15 is 0 Å². The predicted molar refractivity (Wildman–Crippen MR) is 97.3 cm³/mol. The lowest BCUT2D eigenvalue weighted by Crippen LogP contribution is -2.39. The molecule has 0 spiro atoms. The fourth-order valence-corrected chi connectivity index (χ4v) is 3.35. The van der Waals surface area contributed by atoms with Gasteiger partial charge in [-0.2, -0.15) is 0 Å². The van der Waals surface area contributed by atoms with Crippen molar-refractivity contribution in [3.8, 4) is 0 Å². The number of aliphatic hydroxyl groups is 1. The summed E-state index contributed by atoms with van der Waals surface area (Å²) in [5.74, 6) is 0.807. The molecule has 0 bridgehead atoms. The van der Waals surface area contributed by atoms with Crippen LogP contribution in [0.15, 0.2) is 16.5 Å². The number of aliphatic hydroxyl groups excluding tert-OH is 1. The summed E-state index contributed by atoms with van der Waals surface area (Å²) in [6.07, 6.45) is 0.771. The van der Waals surface area contributed by atoms with Gasteiger partial charge in [0.05, 0.1) is 18.9 Å². The molecular weight excluding hydrogens is 344 g/mol. The van der Waals surface area contributed by atoms with Crippen molar-refractivity contribution in [1.29, 1.82) is 0 Å². The highest BCUT2D eigenvalue weighted by Crippen LogP contribution is 2.34. The number of amides is 2. The summed E-state index contributed by atoms with van der Waals surface area (Å²) >= 11 is 6.23. The van der Waals surface area contributed by atoms with Crippen LogP contribution in [0.2, 0.25) is 5.02 Å². The van der Waals surface area contributed by atoms with Gasteiger partial charge in [-0.25, -0.2) is 4.79 Å². The van der Waals surface area contributed by atoms with Gasteiger partial charge in [0.2, 0.25) is 0 Å². The van der Waals surface area contributed by atoms with Crippen LogP contribution in [0.25, 0.3) is 11.0 Å². The predicted octanol–water partition coefficient (Wildman–Crippen LogP) is 3.43. The Morgan fingerprint density at radius 3 is 3.00 bits per heavy atom. The second-order valence-electron chi connectivity index (χ2n) is 6.33. The fourth-order valence-electron chi connectivity index (χ4n) is 3.13. The lowest BCUT2D eigenvalue weighted by molar-refractivity contribution is 0.0958. The van der Waals surface area contributed by atoms with Gasteiger partial charge in [-0.05, 0) is 24.6 Å². The summed E-state index contributed by atoms with van der Waals surface area (Å²) in [7, 11) is 0. The zero-order chi connectivity index (χ0) is 18.0. The largest absolute Gasteiger partial charge is 0.459 e. The Bertz CT molecular complexity index is 774. The molecule has 2 aromatic rings. The highest BCUT2D eigenvalue weighted by atomic mass is 35.5. The normalized spacial score (nSPS) is 18.4. The minimum absolute atomic E-state index is 0.0115. The average molecular weight is 367 g/mol. The molecule has 0 radical (unpaired) electrons. The molecule has 2 N–H and O–H groups in total. The van der Waals surface area contributed by atoms with Gasteiger partial charge in [-0.3, -0.25) is 0 Å². The van der Waals surface area contributed by atoms with Crippen LogP contribution in [-0.2, 0) is 11.2 Å². The van der Waals surface area contributed by atoms with Crippen LogP contribution in [0.4, 0.5) is 10.5 Å². The lowest BCUT2D eigenvalue weighted by atomic mass is 10.1. The topological polar surface area (TPSA) is 74.9 Å². The van der Waals surface area contributed by atoms with Crippen LogP contribution < -0.4 is 5.32 Å². The van der Waals surface area contributed by atoms with Crippen molar-refractivity contribution in [2.75, 3.05) is 38.2 Å². The lowest BCUT2D eigenvalue weighted by Gasteiger charge is -2.23. The summed E-state index contributed by atoms with van der Waals surface area (Å²) in [5.41, 5.74) is 2.23. The first-order chi connectivity index (χ1) is 12.0. The molecule has 1 aliphatic rings. The smallest absolute Gasteiger partial charge is 0.322 e. The van der Waals surface area contributed by atoms with Gasteiger partial charge >= 0.3 is 6.03 Å². The maximum Gasteiger partial charge on any atom is 0.322 e. The standard InChI is InChI=1S/C18H23ClN2O4/c1-3-16-11(2)14-6-13(19)7-15(17(14)25-16)20-18(23)21-4-5-24-10-12(8-21)9-22/h6-7,12,22H,3-5,8-10H2,1-2H3,(H,20,23). The van der Waals surface area contributed by atoms with Crippen molar-refractivity contribution in [2.24, 2.45) is 5.92 Å². The highest BCUT2D eigenvalue weighted by Gasteiger charge is 2.23. The number of nitrogens with one attached hydrogen (secondary N) is 1. The summed E-state index contributed by atoms with van der Waals surface area (Å²) in [6, 6.07) is 3.30. The van der Waals surface area contributed by atoms with E-state index in [1.807, 2.05) is 19.9 Å². The molecule has 1 aliphatic heterocycles. The molecule has 136 valence electrons. The molecule has 1 aromatic heterocycles. The van der Waals surface area contributed by atoms with E-state index in [9.17, 15) is 9.90 Å². The fraction of sp³-hybridized carbons (Fsp3) is 0.500. The number of urea groups is 1. The average Bonchev–Trinajstić information content (AvgIpc) is 2.78. The molecule has 3 rings (SSSR count). The van der Waals surface area contributed by atoms with Crippen molar-refractivity contribution in [2.45, 2.75) is 20.3 Å². The van der Waals surface area contributed by atoms with Crippen molar-refractivity contribution in [3.63, 3.8) is 0 Å². The molecule has 1 aromatic carbocycles. The maximum atomic E-state index is 12.7. The summed E-state index contributed by atoms with van der Waals surface area (Å²) < 4.78 is 11.4. The maximum absolute atomic E-state index is 12.7. The van der Waals surface area contributed by atoms with E-state index in [-0.39, 0.29) is 18.6 Å². The number of rotatable bonds is 3. The second-order valence-corrected chi connectivity index (χ2v) is 6.77. The first kappa shape index (κ1) is 18.0. The molecule has 25 heavy (non-hydrogen) atoms. The summed E-state index contributed by atoms with van der Waals surface area (Å²) in [5, 5.41) is 13.7. The number of hydrogen-bond donors (Lipinski definition) is 2. The molecule has 6 nitrogen and oxygen atoms in total. The number of halogens is 1. The molecule has 1 fully saturated rings. The number of ether oxygens (including phenoxy) is 1. The van der Waals surface area contributed by atoms with E-state index in [0.717, 1.165) is 23.1 Å². The summed E-state index contributed by atoms with van der Waals surface area (Å²) in [6.45, 7) is 5.84. The van der Waals surface area contributed by atoms with Gasteiger partial charge in [0.15, 0.2) is 5.58 Å². The van der Waals surface area contributed by atoms with E-state index < -0.39 is 0 Å². The number of fused-ring (bicyclic) bond motifs is 1. The van der Waals surface area contributed by atoms with Gasteiger partial charge in [-0.15, -0.1) is 0 Å². The number of carbonyl (C=O) groups is 1. The van der Waals surface area contributed by atoms with Crippen LogP contribution in [0.3, 0.4) is 0 Å². The van der Waals surface area contributed by atoms with Crippen molar-refractivity contribution < 1.29 is 19.1 Å². The second kappa shape index (κ2) is 7.64. The zero-order valence-corrected chi connectivity index (χ0v) is 15.2.